The van der Waals surface area contributed by atoms with Crippen molar-refractivity contribution in [3.8, 4) is 5.75 Å². The second-order valence-corrected chi connectivity index (χ2v) is 5.15. The van der Waals surface area contributed by atoms with Crippen LogP contribution in [0.5, 0.6) is 5.75 Å². The number of nitrogens with one attached hydrogen (secondary N) is 1. The van der Waals surface area contributed by atoms with E-state index in [2.05, 4.69) is 5.32 Å². The van der Waals surface area contributed by atoms with Crippen LogP contribution in [0, 0.1) is 0 Å². The molecule has 2 rings (SSSR count). The molecule has 0 aliphatic carbocycles. The Bertz CT molecular complexity index is 685. The number of hydrogen-bond donors (Lipinski definition) is 1. The molecule has 0 aliphatic rings. The van der Waals surface area contributed by atoms with Crippen molar-refractivity contribution in [2.75, 3.05) is 19.0 Å². The monoisotopic (exact) mass is 333 g/mol. The van der Waals surface area contributed by atoms with Gasteiger partial charge < -0.3 is 14.8 Å². The van der Waals surface area contributed by atoms with E-state index in [1.54, 1.807) is 48.5 Å². The molecule has 6 heteroatoms. The Kier molecular flexibility index (Phi) is 6.00. The van der Waals surface area contributed by atoms with E-state index < -0.39 is 11.9 Å². The second kappa shape index (κ2) is 8.19. The summed E-state index contributed by atoms with van der Waals surface area (Å²) in [6, 6.07) is 13.8. The first-order valence-corrected chi connectivity index (χ1v) is 7.29. The van der Waals surface area contributed by atoms with Crippen molar-refractivity contribution < 1.29 is 19.1 Å². The summed E-state index contributed by atoms with van der Waals surface area (Å²) in [7, 11) is 1.51. The molecule has 0 bridgehead atoms. The van der Waals surface area contributed by atoms with Crippen molar-refractivity contribution in [2.24, 2.45) is 0 Å². The van der Waals surface area contributed by atoms with E-state index in [-0.39, 0.29) is 13.0 Å². The van der Waals surface area contributed by atoms with E-state index in [9.17, 15) is 9.59 Å². The minimum atomic E-state index is -0.484. The van der Waals surface area contributed by atoms with E-state index in [1.807, 2.05) is 0 Å². The van der Waals surface area contributed by atoms with Gasteiger partial charge in [-0.1, -0.05) is 35.9 Å². The maximum Gasteiger partial charge on any atom is 0.310 e. The summed E-state index contributed by atoms with van der Waals surface area (Å²) in [6.45, 7) is -0.357. The van der Waals surface area contributed by atoms with Crippen LogP contribution in [0.15, 0.2) is 48.5 Å². The fraction of sp³-hybridized carbons (Fsp3) is 0.176. The van der Waals surface area contributed by atoms with Gasteiger partial charge in [0, 0.05) is 5.02 Å². The summed E-state index contributed by atoms with van der Waals surface area (Å²) in [5.74, 6) is -0.380. The standard InChI is InChI=1S/C17H16ClNO4/c1-22-15-5-3-2-4-14(15)19-16(20)11-23-17(21)10-12-6-8-13(18)9-7-12/h2-9H,10-11H2,1H3,(H,19,20). The number of methoxy groups -OCH3 is 1. The Morgan fingerprint density at radius 3 is 2.48 bits per heavy atom. The lowest BCUT2D eigenvalue weighted by molar-refractivity contribution is -0.146. The minimum Gasteiger partial charge on any atom is -0.495 e. The SMILES string of the molecule is COc1ccccc1NC(=O)COC(=O)Cc1ccc(Cl)cc1. The van der Waals surface area contributed by atoms with E-state index in [0.717, 1.165) is 5.56 Å². The normalized spacial score (nSPS) is 10.0. The molecule has 5 nitrogen and oxygen atoms in total. The average Bonchev–Trinajstić information content (AvgIpc) is 2.55. The number of anilines is 1. The van der Waals surface area contributed by atoms with Crippen LogP contribution in [0.3, 0.4) is 0 Å². The molecule has 2 aromatic rings. The fourth-order valence-electron chi connectivity index (χ4n) is 1.90. The van der Waals surface area contributed by atoms with Crippen LogP contribution in [0.4, 0.5) is 5.69 Å². The first-order valence-electron chi connectivity index (χ1n) is 6.91. The molecule has 0 saturated carbocycles. The Hall–Kier alpha value is -2.53. The third-order valence-corrected chi connectivity index (χ3v) is 3.26. The Morgan fingerprint density at radius 2 is 1.78 bits per heavy atom. The summed E-state index contributed by atoms with van der Waals surface area (Å²) in [5, 5.41) is 3.23. The molecule has 2 aromatic carbocycles. The Labute approximate surface area is 139 Å². The van der Waals surface area contributed by atoms with Crippen molar-refractivity contribution >= 4 is 29.2 Å². The highest BCUT2D eigenvalue weighted by Gasteiger charge is 2.10. The van der Waals surface area contributed by atoms with Gasteiger partial charge in [-0.15, -0.1) is 0 Å². The summed E-state index contributed by atoms with van der Waals surface area (Å²) in [5.41, 5.74) is 1.29. The molecular formula is C17H16ClNO4. The number of para-hydroxylation sites is 2. The van der Waals surface area contributed by atoms with Gasteiger partial charge >= 0.3 is 5.97 Å². The predicted octanol–water partition coefficient (Wildman–Crippen LogP) is 3.07. The number of halogens is 1. The maximum atomic E-state index is 11.8. The van der Waals surface area contributed by atoms with Crippen LogP contribution < -0.4 is 10.1 Å². The zero-order chi connectivity index (χ0) is 16.7. The number of hydrogen-bond acceptors (Lipinski definition) is 4. The maximum absolute atomic E-state index is 11.8. The number of rotatable bonds is 6. The molecule has 0 aromatic heterocycles. The lowest BCUT2D eigenvalue weighted by Crippen LogP contribution is -2.21. The van der Waals surface area contributed by atoms with E-state index >= 15 is 0 Å². The molecule has 1 N–H and O–H groups in total. The first-order chi connectivity index (χ1) is 11.1. The zero-order valence-electron chi connectivity index (χ0n) is 12.5. The number of amides is 1. The summed E-state index contributed by atoms with van der Waals surface area (Å²) < 4.78 is 10.1. The van der Waals surface area contributed by atoms with Gasteiger partial charge in [0.2, 0.25) is 0 Å². The molecular weight excluding hydrogens is 318 g/mol. The summed E-state index contributed by atoms with van der Waals surface area (Å²) >= 11 is 5.77. The lowest BCUT2D eigenvalue weighted by Gasteiger charge is -2.10. The largest absolute Gasteiger partial charge is 0.495 e. The highest BCUT2D eigenvalue weighted by Crippen LogP contribution is 2.22. The van der Waals surface area contributed by atoms with Crippen LogP contribution in [-0.2, 0) is 20.7 Å². The van der Waals surface area contributed by atoms with Gasteiger partial charge in [-0.05, 0) is 29.8 Å². The quantitative estimate of drug-likeness (QED) is 0.825. The Morgan fingerprint density at radius 1 is 1.09 bits per heavy atom. The Balaban J connectivity index is 1.82. The zero-order valence-corrected chi connectivity index (χ0v) is 13.3. The van der Waals surface area contributed by atoms with Crippen LogP contribution in [0.2, 0.25) is 5.02 Å². The van der Waals surface area contributed by atoms with Crippen molar-refractivity contribution in [1.82, 2.24) is 0 Å². The van der Waals surface area contributed by atoms with Gasteiger partial charge in [0.15, 0.2) is 6.61 Å². The predicted molar refractivity (Wildman–Crippen MR) is 87.7 cm³/mol. The molecule has 0 aliphatic heterocycles. The van der Waals surface area contributed by atoms with Gasteiger partial charge in [-0.25, -0.2) is 0 Å². The molecule has 0 atom stereocenters. The van der Waals surface area contributed by atoms with Crippen molar-refractivity contribution in [3.63, 3.8) is 0 Å². The van der Waals surface area contributed by atoms with Crippen LogP contribution in [0.25, 0.3) is 0 Å². The second-order valence-electron chi connectivity index (χ2n) is 4.71. The van der Waals surface area contributed by atoms with Crippen molar-refractivity contribution in [1.29, 1.82) is 0 Å². The lowest BCUT2D eigenvalue weighted by atomic mass is 10.1. The van der Waals surface area contributed by atoms with E-state index in [1.165, 1.54) is 7.11 Å². The highest BCUT2D eigenvalue weighted by atomic mass is 35.5. The van der Waals surface area contributed by atoms with Crippen LogP contribution in [-0.4, -0.2) is 25.6 Å². The third-order valence-electron chi connectivity index (χ3n) is 3.01. The van der Waals surface area contributed by atoms with Gasteiger partial charge in [-0.3, -0.25) is 9.59 Å². The molecule has 1 amide bonds. The smallest absolute Gasteiger partial charge is 0.310 e. The topological polar surface area (TPSA) is 64.6 Å². The summed E-state index contributed by atoms with van der Waals surface area (Å²) in [4.78, 5) is 23.5. The average molecular weight is 334 g/mol. The van der Waals surface area contributed by atoms with Gasteiger partial charge in [-0.2, -0.15) is 0 Å². The number of ether oxygens (including phenoxy) is 2. The number of carbonyl (C=O) groups is 2. The highest BCUT2D eigenvalue weighted by molar-refractivity contribution is 6.30. The fourth-order valence-corrected chi connectivity index (χ4v) is 2.03. The van der Waals surface area contributed by atoms with Crippen molar-refractivity contribution in [2.45, 2.75) is 6.42 Å². The molecule has 0 spiro atoms. The third kappa shape index (κ3) is 5.30. The molecule has 23 heavy (non-hydrogen) atoms. The van der Waals surface area contributed by atoms with Crippen LogP contribution in [0.1, 0.15) is 5.56 Å². The number of esters is 1. The molecule has 120 valence electrons. The molecule has 0 radical (unpaired) electrons. The number of carbonyl (C=O) groups excluding carboxylic acids is 2. The molecule has 0 heterocycles. The van der Waals surface area contributed by atoms with Gasteiger partial charge in [0.25, 0.3) is 5.91 Å². The number of benzene rings is 2. The van der Waals surface area contributed by atoms with E-state index in [4.69, 9.17) is 21.1 Å². The molecule has 0 unspecified atom stereocenters. The minimum absolute atomic E-state index is 0.0824. The van der Waals surface area contributed by atoms with Gasteiger partial charge in [0.05, 0.1) is 19.2 Å². The van der Waals surface area contributed by atoms with Crippen LogP contribution >= 0.6 is 11.6 Å². The van der Waals surface area contributed by atoms with Crippen molar-refractivity contribution in [3.05, 3.63) is 59.1 Å². The van der Waals surface area contributed by atoms with Gasteiger partial charge in [0.1, 0.15) is 5.75 Å². The summed E-state index contributed by atoms with van der Waals surface area (Å²) in [6.07, 6.45) is 0.0824. The molecule has 0 saturated heterocycles. The first kappa shape index (κ1) is 16.8. The molecule has 0 fully saturated rings. The van der Waals surface area contributed by atoms with E-state index in [0.29, 0.717) is 16.5 Å².